The second kappa shape index (κ2) is 9.13. The molecule has 5 rings (SSSR count). The Morgan fingerprint density at radius 2 is 1.80 bits per heavy atom. The maximum atomic E-state index is 13.4. The Balaban J connectivity index is 1.49. The number of nitro benzene ring substituents is 1. The number of para-hydroxylation sites is 1. The number of nitrogens with zero attached hydrogens (tertiary/aromatic N) is 3. The molecule has 0 N–H and O–H groups in total. The molecule has 4 aromatic rings. The SMILES string of the molecule is Cc1ccc(N2C(=O)/C(=C\c3cn(Cc4ccc([N+](=O)[O-])cc4)c4ccccc34)SC2=S)c(C)c1. The van der Waals surface area contributed by atoms with Crippen LogP contribution in [-0.4, -0.2) is 19.7 Å². The largest absolute Gasteiger partial charge is 0.342 e. The van der Waals surface area contributed by atoms with Crippen LogP contribution in [0.3, 0.4) is 0 Å². The molecule has 1 fully saturated rings. The molecule has 0 atom stereocenters. The minimum absolute atomic E-state index is 0.0673. The number of aromatic nitrogens is 1. The maximum Gasteiger partial charge on any atom is 0.270 e. The molecule has 0 spiro atoms. The van der Waals surface area contributed by atoms with E-state index in [2.05, 4.69) is 4.57 Å². The first-order chi connectivity index (χ1) is 16.8. The van der Waals surface area contributed by atoms with Crippen molar-refractivity contribution in [1.82, 2.24) is 4.57 Å². The normalized spacial score (nSPS) is 14.9. The van der Waals surface area contributed by atoms with E-state index in [1.54, 1.807) is 17.0 Å². The molecule has 1 aliphatic heterocycles. The minimum Gasteiger partial charge on any atom is -0.342 e. The number of rotatable bonds is 5. The van der Waals surface area contributed by atoms with Gasteiger partial charge in [0.25, 0.3) is 11.6 Å². The molecule has 174 valence electrons. The van der Waals surface area contributed by atoms with Crippen molar-refractivity contribution in [2.75, 3.05) is 4.90 Å². The van der Waals surface area contributed by atoms with E-state index < -0.39 is 4.92 Å². The van der Waals surface area contributed by atoms with Gasteiger partial charge in [-0.2, -0.15) is 0 Å². The number of thiocarbonyl (C=S) groups is 1. The highest BCUT2D eigenvalue weighted by Crippen LogP contribution is 2.38. The van der Waals surface area contributed by atoms with E-state index in [-0.39, 0.29) is 11.6 Å². The molecule has 3 aromatic carbocycles. The molecule has 35 heavy (non-hydrogen) atoms. The number of thioether (sulfide) groups is 1. The van der Waals surface area contributed by atoms with Gasteiger partial charge >= 0.3 is 0 Å². The van der Waals surface area contributed by atoms with Gasteiger partial charge in [0.05, 0.1) is 15.5 Å². The molecule has 6 nitrogen and oxygen atoms in total. The molecule has 8 heteroatoms. The predicted octanol–water partition coefficient (Wildman–Crippen LogP) is 6.62. The predicted molar refractivity (Wildman–Crippen MR) is 146 cm³/mol. The zero-order valence-electron chi connectivity index (χ0n) is 19.1. The van der Waals surface area contributed by atoms with Crippen LogP contribution in [0, 0.1) is 24.0 Å². The molecule has 0 unspecified atom stereocenters. The summed E-state index contributed by atoms with van der Waals surface area (Å²) in [6, 6.07) is 20.5. The molecule has 0 saturated carbocycles. The molecular formula is C27H21N3O3S2. The highest BCUT2D eigenvalue weighted by molar-refractivity contribution is 8.27. The van der Waals surface area contributed by atoms with Crippen LogP contribution in [-0.2, 0) is 11.3 Å². The number of carbonyl (C=O) groups is 1. The number of anilines is 1. The fourth-order valence-electron chi connectivity index (χ4n) is 4.31. The van der Waals surface area contributed by atoms with Gasteiger partial charge < -0.3 is 4.57 Å². The molecule has 1 aromatic heterocycles. The first-order valence-electron chi connectivity index (χ1n) is 11.0. The van der Waals surface area contributed by atoms with E-state index in [0.29, 0.717) is 15.8 Å². The molecular weight excluding hydrogens is 478 g/mol. The lowest BCUT2D eigenvalue weighted by Gasteiger charge is -2.17. The third kappa shape index (κ3) is 4.38. The summed E-state index contributed by atoms with van der Waals surface area (Å²) in [6.07, 6.45) is 3.91. The van der Waals surface area contributed by atoms with Crippen LogP contribution in [0.15, 0.2) is 77.8 Å². The number of carbonyl (C=O) groups excluding carboxylic acids is 1. The standard InChI is InChI=1S/C27H21N3O3S2/c1-17-7-12-23(18(2)13-17)29-26(31)25(35-27(29)34)14-20-16-28(24-6-4-3-5-22(20)24)15-19-8-10-21(11-9-19)30(32)33/h3-14,16H,15H2,1-2H3/b25-14+. The first-order valence-corrected chi connectivity index (χ1v) is 12.2. The number of hydrogen-bond acceptors (Lipinski definition) is 5. The second-order valence-corrected chi connectivity index (χ2v) is 10.1. The summed E-state index contributed by atoms with van der Waals surface area (Å²) in [6.45, 7) is 4.56. The van der Waals surface area contributed by atoms with Crippen molar-refractivity contribution < 1.29 is 9.72 Å². The Morgan fingerprint density at radius 1 is 1.06 bits per heavy atom. The van der Waals surface area contributed by atoms with E-state index >= 15 is 0 Å². The van der Waals surface area contributed by atoms with Gasteiger partial charge in [0.1, 0.15) is 0 Å². The van der Waals surface area contributed by atoms with Gasteiger partial charge in [0, 0.05) is 41.3 Å². The van der Waals surface area contributed by atoms with Crippen molar-refractivity contribution >= 4 is 62.6 Å². The molecule has 0 bridgehead atoms. The summed E-state index contributed by atoms with van der Waals surface area (Å²) in [5.74, 6) is -0.126. The van der Waals surface area contributed by atoms with Crippen LogP contribution < -0.4 is 4.90 Å². The Morgan fingerprint density at radius 3 is 2.51 bits per heavy atom. The van der Waals surface area contributed by atoms with E-state index in [0.717, 1.165) is 38.8 Å². The summed E-state index contributed by atoms with van der Waals surface area (Å²) in [5, 5.41) is 12.0. The van der Waals surface area contributed by atoms with E-state index in [9.17, 15) is 14.9 Å². The van der Waals surface area contributed by atoms with Gasteiger partial charge in [-0.1, -0.05) is 72.0 Å². The van der Waals surface area contributed by atoms with Crippen LogP contribution in [0.25, 0.3) is 17.0 Å². The average molecular weight is 500 g/mol. The summed E-state index contributed by atoms with van der Waals surface area (Å²) in [4.78, 5) is 26.1. The fraction of sp³-hybridized carbons (Fsp3) is 0.111. The molecule has 1 amide bonds. The zero-order chi connectivity index (χ0) is 24.7. The van der Waals surface area contributed by atoms with Crippen molar-refractivity contribution in [1.29, 1.82) is 0 Å². The Kier molecular flexibility index (Phi) is 6.00. The number of hydrogen-bond donors (Lipinski definition) is 0. The average Bonchev–Trinajstić information content (AvgIpc) is 3.31. The second-order valence-electron chi connectivity index (χ2n) is 8.46. The number of nitro groups is 1. The maximum absolute atomic E-state index is 13.4. The highest BCUT2D eigenvalue weighted by Gasteiger charge is 2.34. The van der Waals surface area contributed by atoms with Crippen molar-refractivity contribution in [3.05, 3.63) is 110 Å². The monoisotopic (exact) mass is 499 g/mol. The van der Waals surface area contributed by atoms with E-state index in [4.69, 9.17) is 12.2 Å². The summed E-state index contributed by atoms with van der Waals surface area (Å²) in [5.41, 5.74) is 5.89. The lowest BCUT2D eigenvalue weighted by Crippen LogP contribution is -2.28. The van der Waals surface area contributed by atoms with Crippen LogP contribution >= 0.6 is 24.0 Å². The minimum atomic E-state index is -0.402. The number of amides is 1. The Hall–Kier alpha value is -3.75. The summed E-state index contributed by atoms with van der Waals surface area (Å²) < 4.78 is 2.61. The van der Waals surface area contributed by atoms with Crippen LogP contribution in [0.1, 0.15) is 22.3 Å². The Labute approximate surface area is 212 Å². The smallest absolute Gasteiger partial charge is 0.270 e. The third-order valence-electron chi connectivity index (χ3n) is 5.99. The topological polar surface area (TPSA) is 68.4 Å². The summed E-state index contributed by atoms with van der Waals surface area (Å²) in [7, 11) is 0. The lowest BCUT2D eigenvalue weighted by molar-refractivity contribution is -0.384. The third-order valence-corrected chi connectivity index (χ3v) is 7.30. The Bertz CT molecular complexity index is 1540. The molecule has 1 saturated heterocycles. The van der Waals surface area contributed by atoms with E-state index in [1.807, 2.05) is 68.6 Å². The van der Waals surface area contributed by atoms with Crippen LogP contribution in [0.5, 0.6) is 0 Å². The number of fused-ring (bicyclic) bond motifs is 1. The zero-order valence-corrected chi connectivity index (χ0v) is 20.7. The van der Waals surface area contributed by atoms with Gasteiger partial charge in [-0.3, -0.25) is 19.8 Å². The van der Waals surface area contributed by atoms with Crippen molar-refractivity contribution in [2.24, 2.45) is 0 Å². The quantitative estimate of drug-likeness (QED) is 0.134. The van der Waals surface area contributed by atoms with Gasteiger partial charge in [0.2, 0.25) is 0 Å². The first kappa shape index (κ1) is 23.0. The van der Waals surface area contributed by atoms with Gasteiger partial charge in [-0.25, -0.2) is 0 Å². The van der Waals surface area contributed by atoms with Crippen molar-refractivity contribution in [3.63, 3.8) is 0 Å². The van der Waals surface area contributed by atoms with Gasteiger partial charge in [0.15, 0.2) is 4.32 Å². The highest BCUT2D eigenvalue weighted by atomic mass is 32.2. The van der Waals surface area contributed by atoms with Crippen LogP contribution in [0.2, 0.25) is 0 Å². The number of benzene rings is 3. The van der Waals surface area contributed by atoms with Gasteiger partial charge in [-0.15, -0.1) is 0 Å². The molecule has 1 aliphatic rings. The summed E-state index contributed by atoms with van der Waals surface area (Å²) >= 11 is 6.88. The molecule has 2 heterocycles. The molecule has 0 aliphatic carbocycles. The van der Waals surface area contributed by atoms with Crippen molar-refractivity contribution in [3.8, 4) is 0 Å². The van der Waals surface area contributed by atoms with E-state index in [1.165, 1.54) is 23.9 Å². The number of aryl methyl sites for hydroxylation is 2. The molecule has 0 radical (unpaired) electrons. The fourth-order valence-corrected chi connectivity index (χ4v) is 5.59. The van der Waals surface area contributed by atoms with Crippen LogP contribution in [0.4, 0.5) is 11.4 Å². The van der Waals surface area contributed by atoms with Gasteiger partial charge in [-0.05, 0) is 43.2 Å². The van der Waals surface area contributed by atoms with Crippen molar-refractivity contribution in [2.45, 2.75) is 20.4 Å². The number of non-ortho nitro benzene ring substituents is 1. The lowest BCUT2D eigenvalue weighted by atomic mass is 10.1.